The molecule has 0 aromatic heterocycles. The Morgan fingerprint density at radius 1 is 1.27 bits per heavy atom. The highest BCUT2D eigenvalue weighted by Crippen LogP contribution is 2.32. The molecule has 22 heavy (non-hydrogen) atoms. The lowest BCUT2D eigenvalue weighted by atomic mass is 9.95. The smallest absolute Gasteiger partial charge is 0.319 e. The molecule has 2 heterocycles. The highest BCUT2D eigenvalue weighted by Gasteiger charge is 2.40. The molecule has 6 nitrogen and oxygen atoms in total. The molecule has 0 spiro atoms. The van der Waals surface area contributed by atoms with Gasteiger partial charge in [-0.15, -0.1) is 0 Å². The van der Waals surface area contributed by atoms with Gasteiger partial charge in [0.2, 0.25) is 0 Å². The molecule has 2 N–H and O–H groups in total. The minimum absolute atomic E-state index is 0.0508. The summed E-state index contributed by atoms with van der Waals surface area (Å²) in [5.74, 6) is -0.0508. The normalized spacial score (nSPS) is 20.8. The lowest BCUT2D eigenvalue weighted by molar-refractivity contribution is -0.126. The second-order valence-electron chi connectivity index (χ2n) is 5.55. The summed E-state index contributed by atoms with van der Waals surface area (Å²) in [7, 11) is 1.60. The second-order valence-corrected chi connectivity index (χ2v) is 5.55. The van der Waals surface area contributed by atoms with Crippen molar-refractivity contribution in [2.24, 2.45) is 0 Å². The predicted molar refractivity (Wildman–Crippen MR) is 81.1 cm³/mol. The van der Waals surface area contributed by atoms with Crippen LogP contribution in [0.2, 0.25) is 0 Å². The number of benzene rings is 1. The van der Waals surface area contributed by atoms with Crippen LogP contribution in [0, 0.1) is 6.92 Å². The third-order valence-corrected chi connectivity index (χ3v) is 4.00. The molecule has 0 fully saturated rings. The molecule has 1 aromatic rings. The van der Waals surface area contributed by atoms with Crippen molar-refractivity contribution >= 4 is 11.9 Å². The first kappa shape index (κ1) is 14.6. The lowest BCUT2D eigenvalue weighted by Crippen LogP contribution is -2.44. The van der Waals surface area contributed by atoms with E-state index in [1.54, 1.807) is 12.0 Å². The topological polar surface area (TPSA) is 70.7 Å². The summed E-state index contributed by atoms with van der Waals surface area (Å²) in [6.07, 6.45) is 0. The van der Waals surface area contributed by atoms with Gasteiger partial charge < -0.3 is 20.3 Å². The van der Waals surface area contributed by atoms with Crippen LogP contribution in [0.1, 0.15) is 17.2 Å². The summed E-state index contributed by atoms with van der Waals surface area (Å²) in [6, 6.07) is 7.18. The molecular formula is C16H19N3O3. The number of urea groups is 1. The molecule has 2 aliphatic rings. The number of aryl methyl sites for hydroxylation is 1. The molecule has 0 aliphatic carbocycles. The molecule has 3 rings (SSSR count). The number of hydrogen-bond donors (Lipinski definition) is 2. The Kier molecular flexibility index (Phi) is 3.85. The van der Waals surface area contributed by atoms with Crippen LogP contribution in [0.25, 0.3) is 0 Å². The zero-order valence-electron chi connectivity index (χ0n) is 12.7. The molecule has 3 amide bonds. The monoisotopic (exact) mass is 301 g/mol. The zero-order valence-corrected chi connectivity index (χ0v) is 12.7. The molecule has 2 aliphatic heterocycles. The highest BCUT2D eigenvalue weighted by molar-refractivity contribution is 6.01. The summed E-state index contributed by atoms with van der Waals surface area (Å²) >= 11 is 0. The summed E-state index contributed by atoms with van der Waals surface area (Å²) in [5, 5.41) is 5.60. The molecule has 1 atom stereocenters. The molecule has 116 valence electrons. The van der Waals surface area contributed by atoms with Crippen LogP contribution in [0.3, 0.4) is 0 Å². The lowest BCUT2D eigenvalue weighted by Gasteiger charge is -2.25. The van der Waals surface area contributed by atoms with Crippen molar-refractivity contribution in [2.75, 3.05) is 26.8 Å². The number of carbonyl (C=O) groups excluding carboxylic acids is 2. The number of amides is 3. The van der Waals surface area contributed by atoms with Gasteiger partial charge in [0.05, 0.1) is 30.5 Å². The fourth-order valence-electron chi connectivity index (χ4n) is 2.82. The van der Waals surface area contributed by atoms with Crippen LogP contribution in [-0.2, 0) is 9.53 Å². The Morgan fingerprint density at radius 2 is 2.00 bits per heavy atom. The summed E-state index contributed by atoms with van der Waals surface area (Å²) in [6.45, 7) is 3.41. The van der Waals surface area contributed by atoms with Crippen molar-refractivity contribution < 1.29 is 14.3 Å². The van der Waals surface area contributed by atoms with Gasteiger partial charge in [-0.2, -0.15) is 0 Å². The van der Waals surface area contributed by atoms with Crippen LogP contribution >= 0.6 is 0 Å². The third kappa shape index (κ3) is 2.57. The Hall–Kier alpha value is -2.34. The minimum atomic E-state index is -0.399. The van der Waals surface area contributed by atoms with Crippen molar-refractivity contribution in [2.45, 2.75) is 13.0 Å². The van der Waals surface area contributed by atoms with Gasteiger partial charge in [0.15, 0.2) is 0 Å². The number of carbonyl (C=O) groups is 2. The van der Waals surface area contributed by atoms with Crippen LogP contribution in [-0.4, -0.2) is 43.6 Å². The molecule has 0 saturated carbocycles. The van der Waals surface area contributed by atoms with Gasteiger partial charge in [-0.1, -0.05) is 29.8 Å². The van der Waals surface area contributed by atoms with Gasteiger partial charge in [0, 0.05) is 13.7 Å². The van der Waals surface area contributed by atoms with Gasteiger partial charge in [0.1, 0.15) is 0 Å². The molecule has 0 bridgehead atoms. The van der Waals surface area contributed by atoms with E-state index in [4.69, 9.17) is 4.74 Å². The van der Waals surface area contributed by atoms with E-state index in [-0.39, 0.29) is 11.9 Å². The van der Waals surface area contributed by atoms with Crippen molar-refractivity contribution in [1.29, 1.82) is 0 Å². The molecule has 0 unspecified atom stereocenters. The molecule has 6 heteroatoms. The maximum absolute atomic E-state index is 12.6. The Balaban J connectivity index is 1.90. The highest BCUT2D eigenvalue weighted by atomic mass is 16.5. The Labute approximate surface area is 129 Å². The maximum Gasteiger partial charge on any atom is 0.319 e. The Bertz CT molecular complexity index is 637. The van der Waals surface area contributed by atoms with Gasteiger partial charge in [-0.3, -0.25) is 4.79 Å². The summed E-state index contributed by atoms with van der Waals surface area (Å²) in [4.78, 5) is 26.2. The van der Waals surface area contributed by atoms with Crippen molar-refractivity contribution in [1.82, 2.24) is 15.5 Å². The minimum Gasteiger partial charge on any atom is -0.383 e. The van der Waals surface area contributed by atoms with Gasteiger partial charge >= 0.3 is 6.03 Å². The Morgan fingerprint density at radius 3 is 2.68 bits per heavy atom. The van der Waals surface area contributed by atoms with E-state index in [9.17, 15) is 9.59 Å². The molecular weight excluding hydrogens is 282 g/mol. The third-order valence-electron chi connectivity index (χ3n) is 4.00. The fraction of sp³-hybridized carbons (Fsp3) is 0.375. The largest absolute Gasteiger partial charge is 0.383 e. The average Bonchev–Trinajstić information content (AvgIpc) is 2.81. The molecule has 1 aromatic carbocycles. The van der Waals surface area contributed by atoms with E-state index >= 15 is 0 Å². The second kappa shape index (κ2) is 5.81. The van der Waals surface area contributed by atoms with Gasteiger partial charge in [-0.25, -0.2) is 4.79 Å². The first-order valence-corrected chi connectivity index (χ1v) is 7.25. The number of rotatable bonds is 4. The average molecular weight is 301 g/mol. The maximum atomic E-state index is 12.6. The van der Waals surface area contributed by atoms with Gasteiger partial charge in [-0.05, 0) is 12.5 Å². The van der Waals surface area contributed by atoms with E-state index in [0.717, 1.165) is 11.1 Å². The van der Waals surface area contributed by atoms with Crippen molar-refractivity contribution in [3.8, 4) is 0 Å². The van der Waals surface area contributed by atoms with Crippen LogP contribution in [0.15, 0.2) is 35.5 Å². The first-order valence-electron chi connectivity index (χ1n) is 7.25. The standard InChI is InChI=1S/C16H19N3O3/c1-10-3-5-11(6-4-10)14-13-12(17-16(21)18-14)9-19(15(13)20)7-8-22-2/h3-6,14H,7-9H2,1-2H3,(H2,17,18,21)/t14-/m0/s1. The van der Waals surface area contributed by atoms with E-state index in [1.165, 1.54) is 0 Å². The van der Waals surface area contributed by atoms with E-state index < -0.39 is 6.04 Å². The fourth-order valence-corrected chi connectivity index (χ4v) is 2.82. The van der Waals surface area contributed by atoms with Crippen molar-refractivity contribution in [3.63, 3.8) is 0 Å². The summed E-state index contributed by atoms with van der Waals surface area (Å²) in [5.41, 5.74) is 3.36. The molecule has 0 saturated heterocycles. The van der Waals surface area contributed by atoms with Crippen LogP contribution in [0.5, 0.6) is 0 Å². The molecule has 0 radical (unpaired) electrons. The quantitative estimate of drug-likeness (QED) is 0.874. The number of methoxy groups -OCH3 is 1. The number of nitrogens with zero attached hydrogens (tertiary/aromatic N) is 1. The number of hydrogen-bond acceptors (Lipinski definition) is 3. The van der Waals surface area contributed by atoms with E-state index in [1.807, 2.05) is 31.2 Å². The van der Waals surface area contributed by atoms with Crippen molar-refractivity contribution in [3.05, 3.63) is 46.7 Å². The van der Waals surface area contributed by atoms with Gasteiger partial charge in [0.25, 0.3) is 5.91 Å². The first-order chi connectivity index (χ1) is 10.6. The van der Waals surface area contributed by atoms with E-state index in [0.29, 0.717) is 31.0 Å². The number of ether oxygens (including phenoxy) is 1. The van der Waals surface area contributed by atoms with Crippen LogP contribution in [0.4, 0.5) is 4.79 Å². The van der Waals surface area contributed by atoms with Crippen LogP contribution < -0.4 is 10.6 Å². The van der Waals surface area contributed by atoms with E-state index in [2.05, 4.69) is 10.6 Å². The SMILES string of the molecule is COCCN1CC2=C(C1=O)[C@H](c1ccc(C)cc1)NC(=O)N2. The summed E-state index contributed by atoms with van der Waals surface area (Å²) < 4.78 is 5.04. The zero-order chi connectivity index (χ0) is 15.7. The number of nitrogens with one attached hydrogen (secondary N) is 2. The predicted octanol–water partition coefficient (Wildman–Crippen LogP) is 1.09.